The lowest BCUT2D eigenvalue weighted by Crippen LogP contribution is -2.27. The topological polar surface area (TPSA) is 47.6 Å². The van der Waals surface area contributed by atoms with E-state index >= 15 is 0 Å². The van der Waals surface area contributed by atoms with Gasteiger partial charge >= 0.3 is 6.09 Å². The predicted molar refractivity (Wildman–Crippen MR) is 80.8 cm³/mol. The molecule has 0 aromatic heterocycles. The second-order valence-corrected chi connectivity index (χ2v) is 6.73. The standard InChI is InChI=1S/C16H25NO3/c1-15(2,3)19-11-12-8-7-9-13(10-12)17-14(18)20-16(4,5)6/h7-10H,11H2,1-6H3,(H,17,18). The molecule has 0 heterocycles. The summed E-state index contributed by atoms with van der Waals surface area (Å²) in [6.45, 7) is 12.0. The average molecular weight is 279 g/mol. The smallest absolute Gasteiger partial charge is 0.412 e. The number of rotatable bonds is 3. The van der Waals surface area contributed by atoms with Crippen LogP contribution in [0.3, 0.4) is 0 Å². The fourth-order valence-corrected chi connectivity index (χ4v) is 1.46. The third kappa shape index (κ3) is 7.14. The van der Waals surface area contributed by atoms with Crippen molar-refractivity contribution in [1.82, 2.24) is 0 Å². The van der Waals surface area contributed by atoms with Gasteiger partial charge in [-0.3, -0.25) is 5.32 Å². The SMILES string of the molecule is CC(C)(C)OCc1cccc(NC(=O)OC(C)(C)C)c1. The number of anilines is 1. The van der Waals surface area contributed by atoms with E-state index < -0.39 is 11.7 Å². The fraction of sp³-hybridized carbons (Fsp3) is 0.562. The van der Waals surface area contributed by atoms with Crippen molar-refractivity contribution in [3.8, 4) is 0 Å². The van der Waals surface area contributed by atoms with Gasteiger partial charge in [0.25, 0.3) is 0 Å². The zero-order valence-corrected chi connectivity index (χ0v) is 13.2. The van der Waals surface area contributed by atoms with E-state index in [0.717, 1.165) is 5.56 Å². The van der Waals surface area contributed by atoms with Crippen LogP contribution in [0.5, 0.6) is 0 Å². The minimum absolute atomic E-state index is 0.186. The van der Waals surface area contributed by atoms with E-state index in [2.05, 4.69) is 5.32 Å². The highest BCUT2D eigenvalue weighted by molar-refractivity contribution is 5.84. The van der Waals surface area contributed by atoms with Gasteiger partial charge in [-0.1, -0.05) is 12.1 Å². The van der Waals surface area contributed by atoms with E-state index in [0.29, 0.717) is 12.3 Å². The van der Waals surface area contributed by atoms with Crippen LogP contribution in [0.15, 0.2) is 24.3 Å². The summed E-state index contributed by atoms with van der Waals surface area (Å²) in [5.74, 6) is 0. The van der Waals surface area contributed by atoms with Gasteiger partial charge in [0, 0.05) is 5.69 Å². The molecule has 0 fully saturated rings. The largest absolute Gasteiger partial charge is 0.444 e. The molecular formula is C16H25NO3. The van der Waals surface area contributed by atoms with Gasteiger partial charge in [-0.05, 0) is 59.2 Å². The van der Waals surface area contributed by atoms with Gasteiger partial charge in [-0.25, -0.2) is 4.79 Å². The summed E-state index contributed by atoms with van der Waals surface area (Å²) in [5.41, 5.74) is 1.02. The van der Waals surface area contributed by atoms with Gasteiger partial charge in [0.05, 0.1) is 12.2 Å². The Morgan fingerprint density at radius 2 is 1.75 bits per heavy atom. The van der Waals surface area contributed by atoms with E-state index in [1.165, 1.54) is 0 Å². The Hall–Kier alpha value is -1.55. The number of hydrogen-bond donors (Lipinski definition) is 1. The van der Waals surface area contributed by atoms with E-state index in [1.54, 1.807) is 0 Å². The molecule has 0 atom stereocenters. The van der Waals surface area contributed by atoms with Crippen molar-refractivity contribution in [3.05, 3.63) is 29.8 Å². The number of ether oxygens (including phenoxy) is 2. The Bertz CT molecular complexity index is 456. The molecule has 20 heavy (non-hydrogen) atoms. The van der Waals surface area contributed by atoms with Crippen molar-refractivity contribution >= 4 is 11.8 Å². The van der Waals surface area contributed by atoms with Crippen LogP contribution < -0.4 is 5.32 Å². The normalized spacial score (nSPS) is 12.1. The lowest BCUT2D eigenvalue weighted by Gasteiger charge is -2.21. The van der Waals surface area contributed by atoms with E-state index in [1.807, 2.05) is 65.8 Å². The number of hydrogen-bond acceptors (Lipinski definition) is 3. The fourth-order valence-electron chi connectivity index (χ4n) is 1.46. The van der Waals surface area contributed by atoms with Gasteiger partial charge in [-0.15, -0.1) is 0 Å². The first-order valence-electron chi connectivity index (χ1n) is 6.78. The molecule has 0 radical (unpaired) electrons. The monoisotopic (exact) mass is 279 g/mol. The molecule has 1 amide bonds. The van der Waals surface area contributed by atoms with Crippen molar-refractivity contribution in [1.29, 1.82) is 0 Å². The molecule has 0 aliphatic rings. The number of nitrogens with one attached hydrogen (secondary N) is 1. The molecule has 0 saturated heterocycles. The number of carbonyl (C=O) groups is 1. The van der Waals surface area contributed by atoms with Gasteiger partial charge in [0.15, 0.2) is 0 Å². The second-order valence-electron chi connectivity index (χ2n) is 6.73. The number of amides is 1. The van der Waals surface area contributed by atoms with Gasteiger partial charge in [-0.2, -0.15) is 0 Å². The highest BCUT2D eigenvalue weighted by Gasteiger charge is 2.16. The van der Waals surface area contributed by atoms with Crippen molar-refractivity contribution in [3.63, 3.8) is 0 Å². The van der Waals surface area contributed by atoms with E-state index in [4.69, 9.17) is 9.47 Å². The highest BCUT2D eigenvalue weighted by atomic mass is 16.6. The molecular weight excluding hydrogens is 254 g/mol. The molecule has 0 spiro atoms. The Morgan fingerprint density at radius 1 is 1.10 bits per heavy atom. The molecule has 112 valence electrons. The van der Waals surface area contributed by atoms with Crippen LogP contribution in [0.1, 0.15) is 47.1 Å². The molecule has 1 N–H and O–H groups in total. The molecule has 0 saturated carbocycles. The summed E-state index contributed by atoms with van der Waals surface area (Å²) in [4.78, 5) is 11.7. The van der Waals surface area contributed by atoms with Crippen LogP contribution in [-0.2, 0) is 16.1 Å². The molecule has 0 bridgehead atoms. The minimum Gasteiger partial charge on any atom is -0.444 e. The zero-order valence-electron chi connectivity index (χ0n) is 13.2. The predicted octanol–water partition coefficient (Wildman–Crippen LogP) is 4.35. The highest BCUT2D eigenvalue weighted by Crippen LogP contribution is 2.16. The Balaban J connectivity index is 2.62. The van der Waals surface area contributed by atoms with Crippen LogP contribution in [-0.4, -0.2) is 17.3 Å². The molecule has 0 aliphatic heterocycles. The summed E-state index contributed by atoms with van der Waals surface area (Å²) >= 11 is 0. The minimum atomic E-state index is -0.503. The second kappa shape index (κ2) is 6.27. The summed E-state index contributed by atoms with van der Waals surface area (Å²) < 4.78 is 10.9. The first-order chi connectivity index (χ1) is 9.05. The lowest BCUT2D eigenvalue weighted by molar-refractivity contribution is -0.0149. The number of carbonyl (C=O) groups excluding carboxylic acids is 1. The van der Waals surface area contributed by atoms with Crippen molar-refractivity contribution in [2.75, 3.05) is 5.32 Å². The molecule has 4 nitrogen and oxygen atoms in total. The molecule has 0 unspecified atom stereocenters. The van der Waals surface area contributed by atoms with Crippen molar-refractivity contribution < 1.29 is 14.3 Å². The molecule has 1 aromatic carbocycles. The van der Waals surface area contributed by atoms with Crippen LogP contribution in [0.4, 0.5) is 10.5 Å². The van der Waals surface area contributed by atoms with Crippen LogP contribution in [0, 0.1) is 0 Å². The van der Waals surface area contributed by atoms with Crippen LogP contribution in [0.25, 0.3) is 0 Å². The van der Waals surface area contributed by atoms with Gasteiger partial charge in [0.1, 0.15) is 5.60 Å². The Morgan fingerprint density at radius 3 is 2.30 bits per heavy atom. The molecule has 0 aliphatic carbocycles. The summed E-state index contributed by atoms with van der Waals surface area (Å²) in [6, 6.07) is 7.56. The van der Waals surface area contributed by atoms with Crippen LogP contribution in [0.2, 0.25) is 0 Å². The number of benzene rings is 1. The van der Waals surface area contributed by atoms with Crippen LogP contribution >= 0.6 is 0 Å². The lowest BCUT2D eigenvalue weighted by atomic mass is 10.1. The maximum absolute atomic E-state index is 11.7. The first kappa shape index (κ1) is 16.5. The third-order valence-electron chi connectivity index (χ3n) is 2.24. The van der Waals surface area contributed by atoms with Gasteiger partial charge < -0.3 is 9.47 Å². The summed E-state index contributed by atoms with van der Waals surface area (Å²) in [6.07, 6.45) is -0.452. The molecule has 4 heteroatoms. The van der Waals surface area contributed by atoms with Crippen molar-refractivity contribution in [2.24, 2.45) is 0 Å². The van der Waals surface area contributed by atoms with Gasteiger partial charge in [0.2, 0.25) is 0 Å². The van der Waals surface area contributed by atoms with E-state index in [-0.39, 0.29) is 5.60 Å². The van der Waals surface area contributed by atoms with E-state index in [9.17, 15) is 4.79 Å². The summed E-state index contributed by atoms with van der Waals surface area (Å²) in [5, 5.41) is 2.72. The zero-order chi connectivity index (χ0) is 15.4. The third-order valence-corrected chi connectivity index (χ3v) is 2.24. The maximum Gasteiger partial charge on any atom is 0.412 e. The maximum atomic E-state index is 11.7. The Kier molecular flexibility index (Phi) is 5.17. The quantitative estimate of drug-likeness (QED) is 0.894. The van der Waals surface area contributed by atoms with Crippen molar-refractivity contribution in [2.45, 2.75) is 59.4 Å². The average Bonchev–Trinajstić information content (AvgIpc) is 2.23. The summed E-state index contributed by atoms with van der Waals surface area (Å²) in [7, 11) is 0. The first-order valence-corrected chi connectivity index (χ1v) is 6.78. The molecule has 1 rings (SSSR count). The Labute approximate surface area is 121 Å². The molecule has 1 aromatic rings.